The monoisotopic (exact) mass is 239 g/mol. The molecule has 0 amide bonds. The molecule has 0 bridgehead atoms. The second-order valence-electron chi connectivity index (χ2n) is 3.40. The molecule has 0 unspecified atom stereocenters. The molecule has 0 saturated heterocycles. The molecular weight excluding hydrogens is 222 g/mol. The quantitative estimate of drug-likeness (QED) is 0.592. The van der Waals surface area contributed by atoms with E-state index in [0.717, 1.165) is 5.69 Å². The Hall–Kier alpha value is -1.59. The second kappa shape index (κ2) is 6.88. The van der Waals surface area contributed by atoms with Gasteiger partial charge in [0.05, 0.1) is 19.9 Å². The van der Waals surface area contributed by atoms with Crippen LogP contribution < -0.4 is 5.06 Å². The Kier molecular flexibility index (Phi) is 5.45. The van der Waals surface area contributed by atoms with E-state index in [1.165, 1.54) is 19.3 Å². The molecule has 1 N–H and O–H groups in total. The van der Waals surface area contributed by atoms with Gasteiger partial charge in [-0.25, -0.2) is 9.86 Å². The van der Waals surface area contributed by atoms with Gasteiger partial charge in [0.1, 0.15) is 0 Å². The molecule has 1 rings (SSSR count). The lowest BCUT2D eigenvalue weighted by molar-refractivity contribution is -0.144. The van der Waals surface area contributed by atoms with Crippen molar-refractivity contribution in [3.05, 3.63) is 30.3 Å². The van der Waals surface area contributed by atoms with Crippen molar-refractivity contribution >= 4 is 11.7 Å². The molecule has 1 aromatic rings. The van der Waals surface area contributed by atoms with Gasteiger partial charge >= 0.3 is 5.97 Å². The molecule has 0 aromatic heterocycles. The van der Waals surface area contributed by atoms with Gasteiger partial charge in [0.2, 0.25) is 0 Å². The molecule has 1 aromatic carbocycles. The number of esters is 1. The van der Waals surface area contributed by atoms with Gasteiger partial charge in [-0.2, -0.15) is 0 Å². The van der Waals surface area contributed by atoms with Gasteiger partial charge in [0.15, 0.2) is 6.04 Å². The van der Waals surface area contributed by atoms with E-state index >= 15 is 0 Å². The van der Waals surface area contributed by atoms with E-state index in [2.05, 4.69) is 0 Å². The number of hydrogen-bond donors (Lipinski definition) is 1. The maximum atomic E-state index is 11.6. The molecule has 0 saturated carbocycles. The average molecular weight is 239 g/mol. The van der Waals surface area contributed by atoms with Crippen LogP contribution in [0.15, 0.2) is 30.3 Å². The number of ether oxygens (including phenoxy) is 1. The molecule has 0 spiro atoms. The predicted octanol–water partition coefficient (Wildman–Crippen LogP) is 0.978. The van der Waals surface area contributed by atoms with E-state index < -0.39 is 12.0 Å². The number of carbonyl (C=O) groups excluding carboxylic acids is 1. The summed E-state index contributed by atoms with van der Waals surface area (Å²) in [5.74, 6) is -0.440. The van der Waals surface area contributed by atoms with Crippen LogP contribution in [0.4, 0.5) is 5.69 Å². The Morgan fingerprint density at radius 2 is 2.00 bits per heavy atom. The van der Waals surface area contributed by atoms with Crippen LogP contribution in [0.5, 0.6) is 0 Å². The fourth-order valence-corrected chi connectivity index (χ4v) is 1.58. The first-order chi connectivity index (χ1) is 8.24. The zero-order valence-corrected chi connectivity index (χ0v) is 10.00. The summed E-state index contributed by atoms with van der Waals surface area (Å²) in [4.78, 5) is 16.8. The van der Waals surface area contributed by atoms with E-state index in [1.54, 1.807) is 0 Å². The molecule has 94 valence electrons. The Balaban J connectivity index is 2.93. The maximum absolute atomic E-state index is 11.6. The number of carbonyl (C=O) groups is 1. The van der Waals surface area contributed by atoms with Gasteiger partial charge in [-0.3, -0.25) is 4.84 Å². The van der Waals surface area contributed by atoms with Gasteiger partial charge in [-0.05, 0) is 12.1 Å². The highest BCUT2D eigenvalue weighted by Crippen LogP contribution is 2.18. The standard InChI is InChI=1S/C12H17NO4/c1-16-12(15)11(8-9-14)13(17-2)10-6-4-3-5-7-10/h3-7,11,14H,8-9H2,1-2H3/t11-/m1/s1. The number of hydroxylamine groups is 1. The molecule has 17 heavy (non-hydrogen) atoms. The van der Waals surface area contributed by atoms with E-state index in [9.17, 15) is 4.79 Å². The van der Waals surface area contributed by atoms with Gasteiger partial charge in [0.25, 0.3) is 0 Å². The van der Waals surface area contributed by atoms with Crippen molar-refractivity contribution in [3.8, 4) is 0 Å². The lowest BCUT2D eigenvalue weighted by Crippen LogP contribution is -2.42. The van der Waals surface area contributed by atoms with Crippen LogP contribution in [-0.2, 0) is 14.4 Å². The summed E-state index contributed by atoms with van der Waals surface area (Å²) in [5, 5.41) is 10.4. The van der Waals surface area contributed by atoms with Crippen LogP contribution in [-0.4, -0.2) is 37.9 Å². The third-order valence-electron chi connectivity index (χ3n) is 2.37. The molecule has 5 heteroatoms. The Morgan fingerprint density at radius 3 is 2.47 bits per heavy atom. The number of aliphatic hydroxyl groups is 1. The van der Waals surface area contributed by atoms with Crippen molar-refractivity contribution in [2.75, 3.05) is 25.9 Å². The molecule has 0 aliphatic heterocycles. The smallest absolute Gasteiger partial charge is 0.331 e. The van der Waals surface area contributed by atoms with Gasteiger partial charge in [0, 0.05) is 13.0 Å². The Morgan fingerprint density at radius 1 is 1.35 bits per heavy atom. The van der Waals surface area contributed by atoms with Crippen LogP contribution in [0, 0.1) is 0 Å². The second-order valence-corrected chi connectivity index (χ2v) is 3.40. The molecular formula is C12H17NO4. The van der Waals surface area contributed by atoms with E-state index in [-0.39, 0.29) is 13.0 Å². The number of hydrogen-bond acceptors (Lipinski definition) is 5. The molecule has 0 aliphatic rings. The molecule has 0 fully saturated rings. The highest BCUT2D eigenvalue weighted by Gasteiger charge is 2.27. The highest BCUT2D eigenvalue weighted by atomic mass is 16.7. The van der Waals surface area contributed by atoms with Crippen LogP contribution >= 0.6 is 0 Å². The molecule has 0 heterocycles. The van der Waals surface area contributed by atoms with Crippen molar-refractivity contribution in [3.63, 3.8) is 0 Å². The van der Waals surface area contributed by atoms with Crippen LogP contribution in [0.3, 0.4) is 0 Å². The zero-order valence-electron chi connectivity index (χ0n) is 10.00. The molecule has 0 radical (unpaired) electrons. The zero-order chi connectivity index (χ0) is 12.7. The van der Waals surface area contributed by atoms with Gasteiger partial charge in [-0.15, -0.1) is 0 Å². The minimum atomic E-state index is -0.655. The number of rotatable bonds is 6. The van der Waals surface area contributed by atoms with Gasteiger partial charge in [-0.1, -0.05) is 18.2 Å². The summed E-state index contributed by atoms with van der Waals surface area (Å²) in [6.07, 6.45) is 0.245. The third-order valence-corrected chi connectivity index (χ3v) is 2.37. The lowest BCUT2D eigenvalue weighted by atomic mass is 10.2. The molecule has 1 atom stereocenters. The normalized spacial score (nSPS) is 11.9. The SMILES string of the molecule is COC(=O)[C@@H](CCO)N(OC)c1ccccc1. The topological polar surface area (TPSA) is 59.0 Å². The minimum absolute atomic E-state index is 0.119. The summed E-state index contributed by atoms with van der Waals surface area (Å²) >= 11 is 0. The largest absolute Gasteiger partial charge is 0.467 e. The Labute approximate surface area is 101 Å². The number of methoxy groups -OCH3 is 1. The van der Waals surface area contributed by atoms with Crippen molar-refractivity contribution < 1.29 is 19.5 Å². The Bertz CT molecular complexity index is 342. The summed E-state index contributed by atoms with van der Waals surface area (Å²) in [5.41, 5.74) is 0.735. The summed E-state index contributed by atoms with van der Waals surface area (Å²) in [7, 11) is 2.78. The van der Waals surface area contributed by atoms with Crippen LogP contribution in [0.25, 0.3) is 0 Å². The molecule has 5 nitrogen and oxygen atoms in total. The number of para-hydroxylation sites is 1. The van der Waals surface area contributed by atoms with Crippen molar-refractivity contribution in [1.82, 2.24) is 0 Å². The van der Waals surface area contributed by atoms with E-state index in [1.807, 2.05) is 30.3 Å². The molecule has 0 aliphatic carbocycles. The van der Waals surface area contributed by atoms with Gasteiger partial charge < -0.3 is 9.84 Å². The van der Waals surface area contributed by atoms with E-state index in [0.29, 0.717) is 0 Å². The highest BCUT2D eigenvalue weighted by molar-refractivity contribution is 5.79. The first-order valence-corrected chi connectivity index (χ1v) is 5.31. The van der Waals surface area contributed by atoms with Crippen molar-refractivity contribution in [2.24, 2.45) is 0 Å². The average Bonchev–Trinajstić information content (AvgIpc) is 2.39. The number of nitrogens with zero attached hydrogens (tertiary/aromatic N) is 1. The number of benzene rings is 1. The van der Waals surface area contributed by atoms with Crippen molar-refractivity contribution in [2.45, 2.75) is 12.5 Å². The van der Waals surface area contributed by atoms with Crippen molar-refractivity contribution in [1.29, 1.82) is 0 Å². The van der Waals surface area contributed by atoms with Crippen LogP contribution in [0.1, 0.15) is 6.42 Å². The summed E-state index contributed by atoms with van der Waals surface area (Å²) in [6.45, 7) is -0.119. The summed E-state index contributed by atoms with van der Waals surface area (Å²) < 4.78 is 4.70. The first kappa shape index (κ1) is 13.5. The maximum Gasteiger partial charge on any atom is 0.331 e. The summed E-state index contributed by atoms with van der Waals surface area (Å²) in [6, 6.07) is 8.53. The minimum Gasteiger partial charge on any atom is -0.467 e. The van der Waals surface area contributed by atoms with Crippen LogP contribution in [0.2, 0.25) is 0 Å². The first-order valence-electron chi connectivity index (χ1n) is 5.31. The lowest BCUT2D eigenvalue weighted by Gasteiger charge is -2.28. The number of anilines is 1. The predicted molar refractivity (Wildman–Crippen MR) is 63.4 cm³/mol. The fraction of sp³-hybridized carbons (Fsp3) is 0.417. The fourth-order valence-electron chi connectivity index (χ4n) is 1.58. The third kappa shape index (κ3) is 3.44. The number of aliphatic hydroxyl groups excluding tert-OH is 1. The van der Waals surface area contributed by atoms with E-state index in [4.69, 9.17) is 14.7 Å².